The molecule has 1 aliphatic rings. The lowest BCUT2D eigenvalue weighted by molar-refractivity contribution is -0.286. The number of nitrogens with zero attached hydrogens (tertiary/aromatic N) is 3. The number of fused-ring (bicyclic) bond motifs is 1. The Bertz CT molecular complexity index is 1380. The molecule has 190 valence electrons. The lowest BCUT2D eigenvalue weighted by atomic mass is 10.1. The van der Waals surface area contributed by atoms with E-state index in [0.717, 1.165) is 5.56 Å². The molecular weight excluding hydrogens is 484 g/mol. The normalized spacial score (nSPS) is 15.1. The summed E-state index contributed by atoms with van der Waals surface area (Å²) in [4.78, 5) is 21.1. The van der Waals surface area contributed by atoms with Crippen molar-refractivity contribution in [2.45, 2.75) is 25.7 Å². The van der Waals surface area contributed by atoms with Gasteiger partial charge in [-0.1, -0.05) is 43.7 Å². The van der Waals surface area contributed by atoms with Gasteiger partial charge in [0.05, 0.1) is 18.2 Å². The minimum atomic E-state index is -3.74. The number of guanidine groups is 1. The highest BCUT2D eigenvalue weighted by Gasteiger charge is 2.43. The summed E-state index contributed by atoms with van der Waals surface area (Å²) in [6.07, 6.45) is 5.30. The van der Waals surface area contributed by atoms with E-state index in [1.165, 1.54) is 18.2 Å². The van der Waals surface area contributed by atoms with Crippen LogP contribution < -0.4 is 20.1 Å². The van der Waals surface area contributed by atoms with Gasteiger partial charge in [-0.15, -0.1) is 8.78 Å². The van der Waals surface area contributed by atoms with Gasteiger partial charge in [-0.05, 0) is 23.8 Å². The molecule has 1 atom stereocenters. The molecule has 0 radical (unpaired) electrons. The van der Waals surface area contributed by atoms with Crippen molar-refractivity contribution >= 4 is 23.4 Å². The van der Waals surface area contributed by atoms with E-state index in [2.05, 4.69) is 36.1 Å². The number of carbonyl (C=O) groups excluding carboxylic acids is 1. The van der Waals surface area contributed by atoms with Crippen LogP contribution in [0.25, 0.3) is 0 Å². The largest absolute Gasteiger partial charge is 0.586 e. The van der Waals surface area contributed by atoms with Crippen molar-refractivity contribution in [2.24, 2.45) is 9.98 Å². The number of aliphatic hydroxyl groups is 1. The van der Waals surface area contributed by atoms with Crippen molar-refractivity contribution in [3.63, 3.8) is 0 Å². The van der Waals surface area contributed by atoms with Crippen LogP contribution in [0.4, 0.5) is 14.5 Å². The van der Waals surface area contributed by atoms with Crippen LogP contribution in [0.15, 0.2) is 77.0 Å². The molecule has 2 heterocycles. The van der Waals surface area contributed by atoms with Crippen molar-refractivity contribution in [2.75, 3.05) is 11.9 Å². The van der Waals surface area contributed by atoms with E-state index in [1.807, 2.05) is 37.3 Å². The van der Waals surface area contributed by atoms with Gasteiger partial charge < -0.3 is 29.8 Å². The summed E-state index contributed by atoms with van der Waals surface area (Å²) >= 11 is 0. The predicted molar refractivity (Wildman–Crippen MR) is 134 cm³/mol. The average molecular weight is 507 g/mol. The second-order valence-corrected chi connectivity index (χ2v) is 7.83. The van der Waals surface area contributed by atoms with Crippen LogP contribution in [0.5, 0.6) is 11.5 Å². The summed E-state index contributed by atoms with van der Waals surface area (Å²) in [5.41, 5.74) is 1.48. The summed E-state index contributed by atoms with van der Waals surface area (Å²) in [6.45, 7) is 1.60. The Morgan fingerprint density at radius 3 is 2.65 bits per heavy atom. The van der Waals surface area contributed by atoms with Crippen LogP contribution in [-0.2, 0) is 0 Å². The summed E-state index contributed by atoms with van der Waals surface area (Å²) in [6, 6.07) is 16.5. The fourth-order valence-corrected chi connectivity index (χ4v) is 3.59. The summed E-state index contributed by atoms with van der Waals surface area (Å²) in [5, 5.41) is 15.4. The molecular formula is C26H23F2N5O4. The number of hydrogen-bond donors (Lipinski definition) is 3. The van der Waals surface area contributed by atoms with Crippen LogP contribution in [0, 0.1) is 12.5 Å². The molecule has 4 rings (SSSR count). The van der Waals surface area contributed by atoms with Crippen molar-refractivity contribution in [3.8, 4) is 24.0 Å². The molecule has 1 amide bonds. The number of hydrogen-bond acceptors (Lipinski definition) is 5. The average Bonchev–Trinajstić information content (AvgIpc) is 3.49. The van der Waals surface area contributed by atoms with Crippen LogP contribution in [-0.4, -0.2) is 40.3 Å². The maximum atomic E-state index is 13.3. The Labute approximate surface area is 211 Å². The molecule has 37 heavy (non-hydrogen) atoms. The zero-order valence-corrected chi connectivity index (χ0v) is 19.7. The monoisotopic (exact) mass is 507 g/mol. The maximum absolute atomic E-state index is 13.3. The van der Waals surface area contributed by atoms with Gasteiger partial charge >= 0.3 is 6.29 Å². The molecule has 2 aromatic carbocycles. The topological polar surface area (TPSA) is 109 Å². The second-order valence-electron chi connectivity index (χ2n) is 7.83. The number of terminal acetylenes is 1. The fourth-order valence-electron chi connectivity index (χ4n) is 3.59. The molecule has 0 saturated carbocycles. The molecule has 1 unspecified atom stereocenters. The van der Waals surface area contributed by atoms with E-state index < -0.39 is 12.3 Å². The fraction of sp³-hybridized carbons (Fsp3) is 0.192. The van der Waals surface area contributed by atoms with E-state index in [-0.39, 0.29) is 30.0 Å². The van der Waals surface area contributed by atoms with E-state index in [0.29, 0.717) is 23.5 Å². The van der Waals surface area contributed by atoms with Crippen LogP contribution in [0.2, 0.25) is 0 Å². The molecule has 1 aliphatic heterocycles. The zero-order valence-electron chi connectivity index (χ0n) is 19.7. The van der Waals surface area contributed by atoms with Crippen molar-refractivity contribution in [3.05, 3.63) is 78.1 Å². The first-order valence-corrected chi connectivity index (χ1v) is 11.2. The van der Waals surface area contributed by atoms with Gasteiger partial charge in [0.2, 0.25) is 5.96 Å². The van der Waals surface area contributed by atoms with Gasteiger partial charge in [-0.25, -0.2) is 0 Å². The van der Waals surface area contributed by atoms with Gasteiger partial charge in [-0.2, -0.15) is 9.98 Å². The van der Waals surface area contributed by atoms with Gasteiger partial charge in [-0.3, -0.25) is 4.79 Å². The second kappa shape index (κ2) is 10.9. The zero-order chi connectivity index (χ0) is 26.4. The Balaban J connectivity index is 1.50. The summed E-state index contributed by atoms with van der Waals surface area (Å²) < 4.78 is 37.1. The Hall–Kier alpha value is -4.69. The lowest BCUT2D eigenvalue weighted by Gasteiger charge is -2.16. The van der Waals surface area contributed by atoms with Crippen LogP contribution in [0.3, 0.4) is 0 Å². The third kappa shape index (κ3) is 6.12. The number of nitrogens with one attached hydrogen (secondary N) is 2. The first-order chi connectivity index (χ1) is 17.8. The summed E-state index contributed by atoms with van der Waals surface area (Å²) in [7, 11) is 0. The highest BCUT2D eigenvalue weighted by atomic mass is 19.3. The molecule has 1 aromatic heterocycles. The number of alkyl halides is 2. The number of ether oxygens (including phenoxy) is 2. The van der Waals surface area contributed by atoms with E-state index in [9.17, 15) is 18.7 Å². The molecule has 0 saturated heterocycles. The van der Waals surface area contributed by atoms with E-state index in [1.54, 1.807) is 23.0 Å². The number of aliphatic hydroxyl groups excluding tert-OH is 1. The smallest absolute Gasteiger partial charge is 0.395 e. The first-order valence-electron chi connectivity index (χ1n) is 11.2. The third-order valence-corrected chi connectivity index (χ3v) is 5.32. The maximum Gasteiger partial charge on any atom is 0.586 e. The molecule has 0 fully saturated rings. The molecule has 9 nitrogen and oxygen atoms in total. The molecule has 0 bridgehead atoms. The highest BCUT2D eigenvalue weighted by Crippen LogP contribution is 2.42. The minimum Gasteiger partial charge on any atom is -0.395 e. The van der Waals surface area contributed by atoms with Gasteiger partial charge in [0, 0.05) is 36.6 Å². The Morgan fingerprint density at radius 2 is 1.95 bits per heavy atom. The van der Waals surface area contributed by atoms with Crippen LogP contribution >= 0.6 is 0 Å². The number of anilines is 1. The molecule has 11 heteroatoms. The highest BCUT2D eigenvalue weighted by molar-refractivity contribution is 6.04. The van der Waals surface area contributed by atoms with Gasteiger partial charge in [0.15, 0.2) is 11.5 Å². The number of amides is 1. The van der Waals surface area contributed by atoms with Gasteiger partial charge in [0.25, 0.3) is 5.91 Å². The predicted octanol–water partition coefficient (Wildman–Crippen LogP) is 3.99. The quantitative estimate of drug-likeness (QED) is 0.266. The van der Waals surface area contributed by atoms with Crippen LogP contribution in [0.1, 0.15) is 35.3 Å². The number of halogens is 2. The number of aliphatic imine (C=N–C) groups is 2. The van der Waals surface area contributed by atoms with Crippen molar-refractivity contribution < 1.29 is 28.2 Å². The van der Waals surface area contributed by atoms with Crippen molar-refractivity contribution in [1.82, 2.24) is 9.88 Å². The molecule has 0 aliphatic carbocycles. The third-order valence-electron chi connectivity index (χ3n) is 5.32. The summed E-state index contributed by atoms with van der Waals surface area (Å²) in [5.74, 6) is -0.0984. The SMILES string of the molecule is C#C/N=C(\N=C(/CC)n1ccc(C(=O)NC(CO)c2ccccc2)c1)Nc1ccc2c(c1)OC(F)(F)O2. The first kappa shape index (κ1) is 25.4. The number of aromatic nitrogens is 1. The standard InChI is InChI=1S/C26H23F2N5O4/c1-3-23(32-25(29-4-2)30-19-10-11-21-22(14-19)37-26(27,28)36-21)33-13-12-18(15-33)24(35)31-20(16-34)17-8-6-5-7-9-17/h2,5-15,20,34H,3,16H2,1H3,(H,29,30)(H,31,35)/b32-23+. The van der Waals surface area contributed by atoms with E-state index >= 15 is 0 Å². The number of rotatable bonds is 6. The van der Waals surface area contributed by atoms with Crippen molar-refractivity contribution in [1.29, 1.82) is 0 Å². The minimum absolute atomic E-state index is 0.0223. The van der Waals surface area contributed by atoms with Gasteiger partial charge in [0.1, 0.15) is 5.84 Å². The molecule has 0 spiro atoms. The molecule has 3 N–H and O–H groups in total. The Morgan fingerprint density at radius 1 is 1.19 bits per heavy atom. The Kier molecular flexibility index (Phi) is 7.50. The molecule has 3 aromatic rings. The number of benzene rings is 2. The van der Waals surface area contributed by atoms with E-state index in [4.69, 9.17) is 6.42 Å². The lowest BCUT2D eigenvalue weighted by Crippen LogP contribution is -2.30. The number of carbonyl (C=O) groups is 1.